The molecule has 0 aliphatic rings. The predicted octanol–water partition coefficient (Wildman–Crippen LogP) is -0.238. The second-order valence-electron chi connectivity index (χ2n) is 2.72. The van der Waals surface area contributed by atoms with Crippen LogP contribution in [0.2, 0.25) is 0 Å². The molecule has 0 aliphatic carbocycles. The summed E-state index contributed by atoms with van der Waals surface area (Å²) in [5.74, 6) is 0. The molecule has 0 rings (SSSR count). The van der Waals surface area contributed by atoms with E-state index in [1.807, 2.05) is 0 Å². The van der Waals surface area contributed by atoms with Crippen LogP contribution in [0.15, 0.2) is 20.4 Å². The first kappa shape index (κ1) is 18.8. The maximum atomic E-state index is 5.27. The minimum atomic E-state index is 0. The van der Waals surface area contributed by atoms with Crippen LogP contribution in [0.4, 0.5) is 0 Å². The van der Waals surface area contributed by atoms with E-state index in [9.17, 15) is 0 Å². The quantitative estimate of drug-likeness (QED) is 0.246. The Bertz CT molecular complexity index is 316. The van der Waals surface area contributed by atoms with Crippen LogP contribution in [0.25, 0.3) is 0 Å². The molecule has 99 valence electrons. The zero-order valence-corrected chi connectivity index (χ0v) is 12.3. The molecular weight excluding hydrogens is 308 g/mol. The Morgan fingerprint density at radius 1 is 1.06 bits per heavy atom. The molecule has 3 N–H and O–H groups in total. The van der Waals surface area contributed by atoms with Crippen molar-refractivity contribution in [3.8, 4) is 0 Å². The fourth-order valence-corrected chi connectivity index (χ4v) is 0.568. The largest absolute Gasteiger partial charge is 2.00 e. The first-order valence-electron chi connectivity index (χ1n) is 4.46. The van der Waals surface area contributed by atoms with E-state index in [4.69, 9.17) is 31.0 Å². The summed E-state index contributed by atoms with van der Waals surface area (Å²) in [5.41, 5.74) is 6.49. The van der Waals surface area contributed by atoms with Crippen molar-refractivity contribution in [1.82, 2.24) is 5.32 Å². The Morgan fingerprint density at radius 3 is 1.94 bits per heavy atom. The molecule has 0 spiro atoms. The van der Waals surface area contributed by atoms with Gasteiger partial charge in [0, 0.05) is 13.6 Å². The van der Waals surface area contributed by atoms with E-state index in [2.05, 4.69) is 25.7 Å². The maximum Gasteiger partial charge on any atom is 2.00 e. The van der Waals surface area contributed by atoms with E-state index in [-0.39, 0.29) is 23.6 Å². The summed E-state index contributed by atoms with van der Waals surface area (Å²) in [6, 6.07) is 0. The van der Waals surface area contributed by atoms with Gasteiger partial charge in [-0.3, -0.25) is 0 Å². The van der Waals surface area contributed by atoms with Crippen molar-refractivity contribution >= 4 is 46.9 Å². The van der Waals surface area contributed by atoms with Crippen LogP contribution in [0.5, 0.6) is 0 Å². The van der Waals surface area contributed by atoms with Crippen molar-refractivity contribution in [2.24, 2.45) is 26.1 Å². The number of nitrogens with zero attached hydrogens (tertiary/aromatic N) is 4. The van der Waals surface area contributed by atoms with Gasteiger partial charge in [-0.15, -0.1) is 0 Å². The van der Waals surface area contributed by atoms with E-state index in [0.717, 1.165) is 0 Å². The van der Waals surface area contributed by atoms with Gasteiger partial charge in [-0.1, -0.05) is 5.04 Å². The second kappa shape index (κ2) is 10.5. The summed E-state index contributed by atoms with van der Waals surface area (Å²) in [5, 5.41) is 18.5. The molecule has 0 saturated heterocycles. The minimum absolute atomic E-state index is 0. The van der Waals surface area contributed by atoms with Gasteiger partial charge in [-0.25, -0.2) is 0 Å². The molecule has 0 atom stereocenters. The summed E-state index contributed by atoms with van der Waals surface area (Å²) in [7, 11) is 1.67. The topological polar surface area (TPSA) is 87.5 Å². The van der Waals surface area contributed by atoms with Gasteiger partial charge in [-0.05, 0) is 19.0 Å². The van der Waals surface area contributed by atoms with Gasteiger partial charge in [0.15, 0.2) is 0 Å². The Balaban J connectivity index is 0. The molecule has 0 unspecified atom stereocenters. The van der Waals surface area contributed by atoms with Crippen molar-refractivity contribution in [2.75, 3.05) is 13.6 Å². The zero-order chi connectivity index (χ0) is 12.6. The summed E-state index contributed by atoms with van der Waals surface area (Å²) in [6.07, 6.45) is 0. The summed E-state index contributed by atoms with van der Waals surface area (Å²) in [4.78, 5) is 0. The summed E-state index contributed by atoms with van der Waals surface area (Å²) in [6.45, 7) is 3.71. The standard InChI is InChI=1S/C8H16N6S2.Cu/c1-5(11-13-7(15)4-9)6(2)12-14-8(16)10-3;/h4,9H2,1-3H3,(H,13,15)(H2,10,14,16);/q;+2/p-2. The van der Waals surface area contributed by atoms with Gasteiger partial charge < -0.3 is 36.3 Å². The van der Waals surface area contributed by atoms with Crippen LogP contribution in [0.1, 0.15) is 13.8 Å². The molecule has 0 bridgehead atoms. The molecule has 0 fully saturated rings. The van der Waals surface area contributed by atoms with Gasteiger partial charge in [0.05, 0.1) is 11.4 Å². The average Bonchev–Trinajstić information content (AvgIpc) is 2.31. The van der Waals surface area contributed by atoms with Crippen molar-refractivity contribution in [3.63, 3.8) is 0 Å². The molecule has 0 aromatic heterocycles. The van der Waals surface area contributed by atoms with E-state index in [1.165, 1.54) is 0 Å². The monoisotopic (exact) mass is 321 g/mol. The SMILES string of the molecule is CNC([S-])=NN=C(C)C(C)=NN=C([S-])CN.[Cu+2]. The molecule has 0 saturated carbocycles. The van der Waals surface area contributed by atoms with Gasteiger partial charge in [0.25, 0.3) is 0 Å². The Hall–Kier alpha value is -0.601. The minimum Gasteiger partial charge on any atom is -0.761 e. The molecule has 6 nitrogen and oxygen atoms in total. The van der Waals surface area contributed by atoms with Crippen LogP contribution in [-0.4, -0.2) is 35.2 Å². The Labute approximate surface area is 123 Å². The number of rotatable bonds is 4. The fourth-order valence-electron chi connectivity index (χ4n) is 0.487. The predicted molar refractivity (Wildman–Crippen MR) is 73.9 cm³/mol. The summed E-state index contributed by atoms with van der Waals surface area (Å²) >= 11 is 9.59. The van der Waals surface area contributed by atoms with Crippen LogP contribution >= 0.6 is 0 Å². The molecule has 0 aliphatic heterocycles. The molecule has 0 heterocycles. The van der Waals surface area contributed by atoms with Crippen LogP contribution in [0.3, 0.4) is 0 Å². The number of hydrogen-bond acceptors (Lipinski definition) is 7. The number of nitrogens with one attached hydrogen (secondary N) is 1. The Morgan fingerprint density at radius 2 is 1.53 bits per heavy atom. The number of nitrogens with two attached hydrogens (primary N) is 1. The van der Waals surface area contributed by atoms with Crippen molar-refractivity contribution in [1.29, 1.82) is 0 Å². The second-order valence-corrected chi connectivity index (χ2v) is 3.58. The third-order valence-electron chi connectivity index (χ3n) is 1.51. The third-order valence-corrected chi connectivity index (χ3v) is 2.05. The molecule has 1 radical (unpaired) electrons. The molecule has 9 heteroatoms. The number of hydrogen-bond donors (Lipinski definition) is 2. The first-order valence-corrected chi connectivity index (χ1v) is 5.28. The molecular formula is C8H14CuN6S2. The normalized spacial score (nSPS) is 14.4. The van der Waals surface area contributed by atoms with Crippen molar-refractivity contribution in [2.45, 2.75) is 13.8 Å². The maximum absolute atomic E-state index is 5.27. The Kier molecular flexibility index (Phi) is 11.6. The van der Waals surface area contributed by atoms with Crippen LogP contribution in [-0.2, 0) is 42.3 Å². The van der Waals surface area contributed by atoms with Crippen molar-refractivity contribution in [3.05, 3.63) is 0 Å². The molecule has 0 amide bonds. The van der Waals surface area contributed by atoms with Crippen LogP contribution in [0, 0.1) is 0 Å². The first-order chi connectivity index (χ1) is 7.51. The smallest absolute Gasteiger partial charge is 0.761 e. The average molecular weight is 322 g/mol. The fraction of sp³-hybridized carbons (Fsp3) is 0.500. The third kappa shape index (κ3) is 9.13. The zero-order valence-electron chi connectivity index (χ0n) is 9.69. The van der Waals surface area contributed by atoms with Crippen molar-refractivity contribution < 1.29 is 17.1 Å². The van der Waals surface area contributed by atoms with E-state index in [0.29, 0.717) is 21.6 Å². The van der Waals surface area contributed by atoms with Gasteiger partial charge in [-0.2, -0.15) is 20.4 Å². The van der Waals surface area contributed by atoms with Gasteiger partial charge >= 0.3 is 17.1 Å². The number of amidine groups is 1. The van der Waals surface area contributed by atoms with E-state index in [1.54, 1.807) is 20.9 Å². The van der Waals surface area contributed by atoms with Gasteiger partial charge in [0.2, 0.25) is 0 Å². The van der Waals surface area contributed by atoms with E-state index >= 15 is 0 Å². The molecule has 17 heavy (non-hydrogen) atoms. The van der Waals surface area contributed by atoms with Crippen LogP contribution < -0.4 is 11.1 Å². The van der Waals surface area contributed by atoms with Gasteiger partial charge in [0.1, 0.15) is 0 Å². The molecule has 0 aromatic rings. The van der Waals surface area contributed by atoms with E-state index < -0.39 is 0 Å². The molecule has 0 aromatic carbocycles. The summed E-state index contributed by atoms with van der Waals surface area (Å²) < 4.78 is 0.